The van der Waals surface area contributed by atoms with E-state index in [1.165, 1.54) is 36.2 Å². The number of hydrogen-bond acceptors (Lipinski definition) is 5. The minimum atomic E-state index is -1.20. The van der Waals surface area contributed by atoms with Crippen molar-refractivity contribution in [1.29, 1.82) is 0 Å². The van der Waals surface area contributed by atoms with Gasteiger partial charge in [0.25, 0.3) is 0 Å². The highest BCUT2D eigenvalue weighted by molar-refractivity contribution is 8.13. The van der Waals surface area contributed by atoms with Gasteiger partial charge in [0.05, 0.1) is 6.21 Å². The van der Waals surface area contributed by atoms with E-state index < -0.39 is 5.97 Å². The number of nitrogens with two attached hydrogens (primary N) is 1. The molecule has 0 aliphatic heterocycles. The van der Waals surface area contributed by atoms with Gasteiger partial charge in [0.2, 0.25) is 0 Å². The predicted octanol–water partition coefficient (Wildman–Crippen LogP) is 1.10. The molecule has 1 aromatic rings. The molecule has 0 saturated carbocycles. The molecule has 6 nitrogen and oxygen atoms in total. The Kier molecular flexibility index (Phi) is 4.53. The number of aromatic carboxylic acids is 1. The first kappa shape index (κ1) is 13.0. The maximum atomic E-state index is 10.7. The number of carbonyl (C=O) groups is 1. The summed E-state index contributed by atoms with van der Waals surface area (Å²) in [5.74, 6) is -1.55. The van der Waals surface area contributed by atoms with Crippen molar-refractivity contribution in [1.82, 2.24) is 0 Å². The van der Waals surface area contributed by atoms with Gasteiger partial charge in [-0.1, -0.05) is 17.8 Å². The summed E-state index contributed by atoms with van der Waals surface area (Å²) in [5.41, 5.74) is 5.48. The molecule has 1 rings (SSSR count). The predicted molar refractivity (Wildman–Crippen MR) is 67.8 cm³/mol. The van der Waals surface area contributed by atoms with Gasteiger partial charge in [-0.2, -0.15) is 5.10 Å². The van der Waals surface area contributed by atoms with Crippen LogP contribution >= 0.6 is 11.8 Å². The Balaban J connectivity index is 3.00. The number of rotatable bonds is 3. The minimum absolute atomic E-state index is 0.184. The molecule has 0 aromatic heterocycles. The van der Waals surface area contributed by atoms with E-state index in [0.29, 0.717) is 0 Å². The number of para-hydroxylation sites is 1. The van der Waals surface area contributed by atoms with Gasteiger partial charge in [-0.05, 0) is 18.4 Å². The standard InChI is InChI=1S/C10H11N3O3S/c1-17-10(11)13-12-5-6-3-2-4-7(8(6)14)9(15)16/h2-5,14H,1H3,(H2,11,13)(H,15,16). The molecule has 0 spiro atoms. The summed E-state index contributed by atoms with van der Waals surface area (Å²) < 4.78 is 0. The second-order valence-corrected chi connectivity index (χ2v) is 3.76. The van der Waals surface area contributed by atoms with Crippen LogP contribution in [0.25, 0.3) is 0 Å². The van der Waals surface area contributed by atoms with Crippen molar-refractivity contribution >= 4 is 29.1 Å². The molecule has 0 heterocycles. The van der Waals surface area contributed by atoms with Crippen molar-refractivity contribution in [2.75, 3.05) is 6.26 Å². The van der Waals surface area contributed by atoms with Gasteiger partial charge in [0.1, 0.15) is 11.3 Å². The number of aromatic hydroxyl groups is 1. The molecular formula is C10H11N3O3S. The van der Waals surface area contributed by atoms with Crippen molar-refractivity contribution in [2.24, 2.45) is 15.9 Å². The van der Waals surface area contributed by atoms with Crippen LogP contribution in [0.15, 0.2) is 28.4 Å². The third-order valence-electron chi connectivity index (χ3n) is 1.86. The Hall–Kier alpha value is -2.02. The highest BCUT2D eigenvalue weighted by atomic mass is 32.2. The highest BCUT2D eigenvalue weighted by Crippen LogP contribution is 2.20. The number of amidine groups is 1. The van der Waals surface area contributed by atoms with Crippen LogP contribution in [-0.2, 0) is 0 Å². The second-order valence-electron chi connectivity index (χ2n) is 2.94. The normalized spacial score (nSPS) is 11.9. The summed E-state index contributed by atoms with van der Waals surface area (Å²) in [5, 5.41) is 25.9. The number of carboxylic acid groups (broad SMARTS) is 1. The molecule has 90 valence electrons. The number of benzene rings is 1. The Bertz CT molecular complexity index is 486. The monoisotopic (exact) mass is 253 g/mol. The zero-order valence-corrected chi connectivity index (χ0v) is 9.81. The van der Waals surface area contributed by atoms with Gasteiger partial charge in [0, 0.05) is 5.56 Å². The zero-order valence-electron chi connectivity index (χ0n) is 8.99. The van der Waals surface area contributed by atoms with Crippen molar-refractivity contribution in [3.63, 3.8) is 0 Å². The van der Waals surface area contributed by atoms with E-state index in [-0.39, 0.29) is 22.0 Å². The molecule has 4 N–H and O–H groups in total. The Morgan fingerprint density at radius 2 is 2.24 bits per heavy atom. The largest absolute Gasteiger partial charge is 0.506 e. The van der Waals surface area contributed by atoms with Gasteiger partial charge in [-0.15, -0.1) is 5.10 Å². The van der Waals surface area contributed by atoms with E-state index in [0.717, 1.165) is 0 Å². The number of carboxylic acids is 1. The minimum Gasteiger partial charge on any atom is -0.506 e. The second kappa shape index (κ2) is 5.90. The van der Waals surface area contributed by atoms with E-state index in [4.69, 9.17) is 10.8 Å². The first-order valence-corrected chi connectivity index (χ1v) is 5.74. The molecular weight excluding hydrogens is 242 g/mol. The van der Waals surface area contributed by atoms with Crippen LogP contribution in [0, 0.1) is 0 Å². The maximum absolute atomic E-state index is 10.7. The van der Waals surface area contributed by atoms with Gasteiger partial charge in [-0.25, -0.2) is 4.79 Å². The first-order valence-electron chi connectivity index (χ1n) is 4.52. The molecule has 0 aliphatic rings. The molecule has 0 aliphatic carbocycles. The Labute approximate surface area is 102 Å². The lowest BCUT2D eigenvalue weighted by molar-refractivity contribution is 0.0693. The lowest BCUT2D eigenvalue weighted by Crippen LogP contribution is -2.04. The van der Waals surface area contributed by atoms with Gasteiger partial charge in [0.15, 0.2) is 5.17 Å². The number of nitrogens with zero attached hydrogens (tertiary/aromatic N) is 2. The summed E-state index contributed by atoms with van der Waals surface area (Å²) in [4.78, 5) is 10.7. The van der Waals surface area contributed by atoms with Crippen molar-refractivity contribution in [2.45, 2.75) is 0 Å². The molecule has 7 heteroatoms. The van der Waals surface area contributed by atoms with Crippen molar-refractivity contribution in [3.8, 4) is 5.75 Å². The van der Waals surface area contributed by atoms with Gasteiger partial charge < -0.3 is 15.9 Å². The third kappa shape index (κ3) is 3.49. The Morgan fingerprint density at radius 3 is 2.82 bits per heavy atom. The van der Waals surface area contributed by atoms with Crippen molar-refractivity contribution < 1.29 is 15.0 Å². The van der Waals surface area contributed by atoms with Crippen molar-refractivity contribution in [3.05, 3.63) is 29.3 Å². The average molecular weight is 253 g/mol. The zero-order chi connectivity index (χ0) is 12.8. The third-order valence-corrected chi connectivity index (χ3v) is 2.36. The lowest BCUT2D eigenvalue weighted by Gasteiger charge is -2.01. The fourth-order valence-electron chi connectivity index (χ4n) is 1.03. The summed E-state index contributed by atoms with van der Waals surface area (Å²) >= 11 is 1.23. The smallest absolute Gasteiger partial charge is 0.339 e. The van der Waals surface area contributed by atoms with E-state index in [1.807, 2.05) is 0 Å². The van der Waals surface area contributed by atoms with Crippen LogP contribution < -0.4 is 5.73 Å². The van der Waals surface area contributed by atoms with E-state index in [9.17, 15) is 9.90 Å². The van der Waals surface area contributed by atoms with Crippen LogP contribution in [0.3, 0.4) is 0 Å². The Morgan fingerprint density at radius 1 is 1.53 bits per heavy atom. The van der Waals surface area contributed by atoms with Crippen LogP contribution in [0.2, 0.25) is 0 Å². The van der Waals surface area contributed by atoms with Crippen LogP contribution in [-0.4, -0.2) is 33.8 Å². The molecule has 0 atom stereocenters. The number of thioether (sulfide) groups is 1. The molecule has 0 fully saturated rings. The van der Waals surface area contributed by atoms with Gasteiger partial charge in [-0.3, -0.25) is 0 Å². The first-order chi connectivity index (χ1) is 8.06. The summed E-state index contributed by atoms with van der Waals surface area (Å²) in [6.07, 6.45) is 2.99. The quantitative estimate of drug-likeness (QED) is 0.424. The molecule has 0 radical (unpaired) electrons. The number of hydrogen-bond donors (Lipinski definition) is 3. The van der Waals surface area contributed by atoms with E-state index in [2.05, 4.69) is 10.2 Å². The molecule has 17 heavy (non-hydrogen) atoms. The molecule has 0 amide bonds. The summed E-state index contributed by atoms with van der Waals surface area (Å²) in [7, 11) is 0. The molecule has 0 bridgehead atoms. The SMILES string of the molecule is CSC(N)=NN=Cc1cccc(C(=O)O)c1O. The summed E-state index contributed by atoms with van der Waals surface area (Å²) in [6.45, 7) is 0. The van der Waals surface area contributed by atoms with Crippen LogP contribution in [0.1, 0.15) is 15.9 Å². The molecule has 0 saturated heterocycles. The van der Waals surface area contributed by atoms with Crippen LogP contribution in [0.5, 0.6) is 5.75 Å². The fraction of sp³-hybridized carbons (Fsp3) is 0.100. The number of phenols is 1. The molecule has 0 unspecified atom stereocenters. The summed E-state index contributed by atoms with van der Waals surface area (Å²) in [6, 6.07) is 4.33. The van der Waals surface area contributed by atoms with E-state index >= 15 is 0 Å². The highest BCUT2D eigenvalue weighted by Gasteiger charge is 2.11. The topological polar surface area (TPSA) is 108 Å². The maximum Gasteiger partial charge on any atom is 0.339 e. The van der Waals surface area contributed by atoms with E-state index in [1.54, 1.807) is 6.26 Å². The fourth-order valence-corrected chi connectivity index (χ4v) is 1.16. The molecule has 1 aromatic carbocycles. The van der Waals surface area contributed by atoms with Gasteiger partial charge >= 0.3 is 5.97 Å². The lowest BCUT2D eigenvalue weighted by atomic mass is 10.1. The van der Waals surface area contributed by atoms with Crippen LogP contribution in [0.4, 0.5) is 0 Å². The average Bonchev–Trinajstić information content (AvgIpc) is 2.30.